The number of nitrogens with two attached hydrogens (primary N) is 1. The number of aryl methyl sites for hydroxylation is 1. The van der Waals surface area contributed by atoms with E-state index in [1.807, 2.05) is 24.3 Å². The highest BCUT2D eigenvalue weighted by atomic mass is 16.5. The number of nitrogens with zero attached hydrogens (tertiary/aromatic N) is 2. The van der Waals surface area contributed by atoms with Crippen LogP contribution in [0.1, 0.15) is 19.4 Å². The highest BCUT2D eigenvalue weighted by molar-refractivity contribution is 6.14. The van der Waals surface area contributed by atoms with Crippen molar-refractivity contribution in [1.29, 1.82) is 0 Å². The smallest absolute Gasteiger partial charge is 0.153 e. The van der Waals surface area contributed by atoms with Gasteiger partial charge in [0, 0.05) is 19.1 Å². The van der Waals surface area contributed by atoms with Crippen LogP contribution in [0, 0.1) is 6.92 Å². The highest BCUT2D eigenvalue weighted by Crippen LogP contribution is 2.37. The van der Waals surface area contributed by atoms with Gasteiger partial charge in [0.15, 0.2) is 11.5 Å². The summed E-state index contributed by atoms with van der Waals surface area (Å²) < 4.78 is 6.01. The molecule has 1 atom stereocenters. The van der Waals surface area contributed by atoms with Crippen LogP contribution in [0.4, 0.5) is 5.69 Å². The van der Waals surface area contributed by atoms with Crippen molar-refractivity contribution in [3.8, 4) is 5.75 Å². The Balaban J connectivity index is 2.10. The summed E-state index contributed by atoms with van der Waals surface area (Å²) in [6.07, 6.45) is 3.98. The summed E-state index contributed by atoms with van der Waals surface area (Å²) in [5.74, 6) is 1.56. The second kappa shape index (κ2) is 5.37. The lowest BCUT2D eigenvalue weighted by atomic mass is 10.0. The van der Waals surface area contributed by atoms with Crippen molar-refractivity contribution in [3.05, 3.63) is 47.4 Å². The van der Waals surface area contributed by atoms with Gasteiger partial charge in [-0.3, -0.25) is 0 Å². The van der Waals surface area contributed by atoms with Gasteiger partial charge < -0.3 is 15.4 Å². The maximum Gasteiger partial charge on any atom is 0.153 e. The van der Waals surface area contributed by atoms with Crippen LogP contribution in [-0.2, 0) is 0 Å². The minimum absolute atomic E-state index is 0.137. The van der Waals surface area contributed by atoms with Gasteiger partial charge in [0.05, 0.1) is 5.70 Å². The second-order valence-electron chi connectivity index (χ2n) is 5.37. The Morgan fingerprint density at radius 1 is 1.24 bits per heavy atom. The predicted octanol–water partition coefficient (Wildman–Crippen LogP) is 2.91. The van der Waals surface area contributed by atoms with Crippen LogP contribution in [0.2, 0.25) is 0 Å². The summed E-state index contributed by atoms with van der Waals surface area (Å²) in [5, 5.41) is 0. The summed E-state index contributed by atoms with van der Waals surface area (Å²) >= 11 is 0. The van der Waals surface area contributed by atoms with Gasteiger partial charge in [-0.1, -0.05) is 6.07 Å². The molecule has 0 saturated heterocycles. The Morgan fingerprint density at radius 3 is 2.71 bits per heavy atom. The van der Waals surface area contributed by atoms with E-state index in [1.165, 1.54) is 5.56 Å². The minimum atomic E-state index is -0.137. The fraction of sp³-hybridized carbons (Fsp3) is 0.353. The van der Waals surface area contributed by atoms with Crippen molar-refractivity contribution in [3.63, 3.8) is 0 Å². The Kier molecular flexibility index (Phi) is 3.55. The third kappa shape index (κ3) is 2.47. The lowest BCUT2D eigenvalue weighted by molar-refractivity contribution is 0.387. The normalized spacial score (nSPS) is 19.6. The van der Waals surface area contributed by atoms with E-state index in [1.54, 1.807) is 0 Å². The van der Waals surface area contributed by atoms with Gasteiger partial charge in [0.1, 0.15) is 11.4 Å². The van der Waals surface area contributed by atoms with Crippen molar-refractivity contribution in [2.24, 2.45) is 10.7 Å². The molecule has 2 aliphatic rings. The highest BCUT2D eigenvalue weighted by Gasteiger charge is 2.28. The monoisotopic (exact) mass is 283 g/mol. The molecule has 1 unspecified atom stereocenters. The van der Waals surface area contributed by atoms with Crippen molar-refractivity contribution < 1.29 is 4.74 Å². The Labute approximate surface area is 125 Å². The molecule has 0 bridgehead atoms. The van der Waals surface area contributed by atoms with Crippen LogP contribution in [0.5, 0.6) is 5.75 Å². The largest absolute Gasteiger partial charge is 0.453 e. The molecule has 0 radical (unpaired) electrons. The average molecular weight is 283 g/mol. The summed E-state index contributed by atoms with van der Waals surface area (Å²) in [6, 6.07) is 5.91. The first-order valence-corrected chi connectivity index (χ1v) is 7.44. The van der Waals surface area contributed by atoms with Gasteiger partial charge in [-0.2, -0.15) is 0 Å². The first-order chi connectivity index (χ1) is 10.1. The van der Waals surface area contributed by atoms with Gasteiger partial charge in [-0.05, 0) is 50.6 Å². The molecule has 1 aliphatic carbocycles. The molecule has 1 aromatic rings. The second-order valence-corrected chi connectivity index (χ2v) is 5.37. The SMILES string of the molecule is CCN(CC)C1=CC(N)C=C2Oc3ccc(C)cc3N=C21. The molecule has 3 rings (SSSR count). The zero-order valence-corrected chi connectivity index (χ0v) is 12.8. The first kappa shape index (κ1) is 13.9. The van der Waals surface area contributed by atoms with E-state index < -0.39 is 0 Å². The fourth-order valence-electron chi connectivity index (χ4n) is 2.74. The molecule has 2 N–H and O–H groups in total. The molecular formula is C17H21N3O. The van der Waals surface area contributed by atoms with Gasteiger partial charge >= 0.3 is 0 Å². The topological polar surface area (TPSA) is 50.8 Å². The van der Waals surface area contributed by atoms with Gasteiger partial charge in [-0.15, -0.1) is 0 Å². The Bertz CT molecular complexity index is 654. The Hall–Kier alpha value is -2.07. The predicted molar refractivity (Wildman–Crippen MR) is 86.0 cm³/mol. The summed E-state index contributed by atoms with van der Waals surface area (Å²) in [6.45, 7) is 8.17. The molecule has 0 amide bonds. The molecule has 4 heteroatoms. The van der Waals surface area contributed by atoms with Gasteiger partial charge in [0.25, 0.3) is 0 Å². The van der Waals surface area contributed by atoms with Crippen LogP contribution in [0.3, 0.4) is 0 Å². The molecule has 1 aromatic carbocycles. The summed E-state index contributed by atoms with van der Waals surface area (Å²) in [7, 11) is 0. The molecule has 0 aromatic heterocycles. The number of fused-ring (bicyclic) bond motifs is 2. The van der Waals surface area contributed by atoms with Crippen molar-refractivity contribution in [2.75, 3.05) is 13.1 Å². The minimum Gasteiger partial charge on any atom is -0.453 e. The number of hydrogen-bond donors (Lipinski definition) is 1. The van der Waals surface area contributed by atoms with E-state index in [4.69, 9.17) is 15.5 Å². The van der Waals surface area contributed by atoms with Crippen LogP contribution in [0.15, 0.2) is 46.8 Å². The third-order valence-electron chi connectivity index (χ3n) is 3.84. The number of ether oxygens (including phenoxy) is 1. The van der Waals surface area contributed by atoms with Crippen LogP contribution >= 0.6 is 0 Å². The number of aliphatic imine (C=N–C) groups is 1. The van der Waals surface area contributed by atoms with Crippen molar-refractivity contribution >= 4 is 11.4 Å². The molecule has 1 aliphatic heterocycles. The van der Waals surface area contributed by atoms with Gasteiger partial charge in [0.2, 0.25) is 0 Å². The summed E-state index contributed by atoms with van der Waals surface area (Å²) in [5.41, 5.74) is 10.1. The first-order valence-electron chi connectivity index (χ1n) is 7.44. The number of rotatable bonds is 3. The summed E-state index contributed by atoms with van der Waals surface area (Å²) in [4.78, 5) is 7.08. The van der Waals surface area contributed by atoms with Crippen molar-refractivity contribution in [2.45, 2.75) is 26.8 Å². The van der Waals surface area contributed by atoms with Crippen LogP contribution in [0.25, 0.3) is 0 Å². The molecule has 21 heavy (non-hydrogen) atoms. The number of hydrogen-bond acceptors (Lipinski definition) is 4. The fourth-order valence-corrected chi connectivity index (χ4v) is 2.74. The standard InChI is InChI=1S/C17H21N3O/c1-4-20(5-2)14-9-12(18)10-16-17(14)19-13-8-11(3)6-7-15(13)21-16/h6-10,12H,4-5,18H2,1-3H3. The molecule has 0 spiro atoms. The van der Waals surface area contributed by atoms with E-state index in [0.29, 0.717) is 0 Å². The molecule has 1 heterocycles. The van der Waals surface area contributed by atoms with E-state index in [2.05, 4.69) is 31.7 Å². The van der Waals surface area contributed by atoms with Crippen LogP contribution in [-0.4, -0.2) is 29.7 Å². The van der Waals surface area contributed by atoms with Crippen LogP contribution < -0.4 is 10.5 Å². The quantitative estimate of drug-likeness (QED) is 0.928. The van der Waals surface area contributed by atoms with E-state index in [-0.39, 0.29) is 6.04 Å². The van der Waals surface area contributed by atoms with E-state index in [9.17, 15) is 0 Å². The molecule has 4 nitrogen and oxygen atoms in total. The zero-order valence-electron chi connectivity index (χ0n) is 12.8. The van der Waals surface area contributed by atoms with E-state index >= 15 is 0 Å². The van der Waals surface area contributed by atoms with Crippen molar-refractivity contribution in [1.82, 2.24) is 4.90 Å². The lowest BCUT2D eigenvalue weighted by Gasteiger charge is -2.32. The van der Waals surface area contributed by atoms with Gasteiger partial charge in [-0.25, -0.2) is 4.99 Å². The van der Waals surface area contributed by atoms with E-state index in [0.717, 1.165) is 41.7 Å². The lowest BCUT2D eigenvalue weighted by Crippen LogP contribution is -2.35. The maximum atomic E-state index is 6.11. The Morgan fingerprint density at radius 2 is 2.00 bits per heavy atom. The third-order valence-corrected chi connectivity index (χ3v) is 3.84. The zero-order chi connectivity index (χ0) is 15.0. The molecule has 0 saturated carbocycles. The molecule has 110 valence electrons. The maximum absolute atomic E-state index is 6.11. The molecular weight excluding hydrogens is 262 g/mol. The molecule has 0 fully saturated rings. The number of benzene rings is 1. The average Bonchev–Trinajstić information content (AvgIpc) is 2.46.